The Morgan fingerprint density at radius 1 is 1.15 bits per heavy atom. The van der Waals surface area contributed by atoms with Crippen molar-refractivity contribution in [1.29, 1.82) is 0 Å². The fourth-order valence-corrected chi connectivity index (χ4v) is 3.88. The standard InChI is InChI=1S/C16H22ClFN2/c17-13-10-11(7-8-14(13)18)20-16-5-2-1-4-12(16)15-6-3-9-19-15/h7-8,10,12,15-16,19-20H,1-6,9H2. The van der Waals surface area contributed by atoms with Gasteiger partial charge in [0, 0.05) is 17.8 Å². The number of anilines is 1. The maximum absolute atomic E-state index is 13.2. The van der Waals surface area contributed by atoms with Crippen molar-refractivity contribution in [1.82, 2.24) is 5.32 Å². The second-order valence-corrected chi connectivity index (χ2v) is 6.44. The summed E-state index contributed by atoms with van der Waals surface area (Å²) in [5.74, 6) is 0.324. The monoisotopic (exact) mass is 296 g/mol. The van der Waals surface area contributed by atoms with E-state index in [0.29, 0.717) is 18.0 Å². The van der Waals surface area contributed by atoms with Gasteiger partial charge in [-0.3, -0.25) is 0 Å². The minimum Gasteiger partial charge on any atom is -0.382 e. The molecule has 0 spiro atoms. The smallest absolute Gasteiger partial charge is 0.141 e. The van der Waals surface area contributed by atoms with E-state index < -0.39 is 0 Å². The number of nitrogens with one attached hydrogen (secondary N) is 2. The summed E-state index contributed by atoms with van der Waals surface area (Å²) in [7, 11) is 0. The quantitative estimate of drug-likeness (QED) is 0.873. The molecule has 1 aromatic carbocycles. The Bertz CT molecular complexity index is 460. The number of rotatable bonds is 3. The van der Waals surface area contributed by atoms with Gasteiger partial charge in [0.05, 0.1) is 5.02 Å². The summed E-state index contributed by atoms with van der Waals surface area (Å²) in [4.78, 5) is 0. The third-order valence-corrected chi connectivity index (χ3v) is 5.00. The Balaban J connectivity index is 1.71. The molecule has 1 aliphatic carbocycles. The lowest BCUT2D eigenvalue weighted by molar-refractivity contribution is 0.263. The summed E-state index contributed by atoms with van der Waals surface area (Å²) in [5, 5.41) is 7.42. The van der Waals surface area contributed by atoms with Crippen LogP contribution in [0, 0.1) is 11.7 Å². The zero-order chi connectivity index (χ0) is 13.9. The number of hydrogen-bond acceptors (Lipinski definition) is 2. The first-order valence-electron chi connectivity index (χ1n) is 7.69. The van der Waals surface area contributed by atoms with Gasteiger partial charge in [-0.2, -0.15) is 0 Å². The highest BCUT2D eigenvalue weighted by Gasteiger charge is 2.33. The zero-order valence-corrected chi connectivity index (χ0v) is 12.4. The van der Waals surface area contributed by atoms with E-state index in [1.54, 1.807) is 12.1 Å². The van der Waals surface area contributed by atoms with E-state index in [2.05, 4.69) is 10.6 Å². The van der Waals surface area contributed by atoms with Crippen LogP contribution in [-0.4, -0.2) is 18.6 Å². The molecule has 2 aliphatic rings. The number of hydrogen-bond donors (Lipinski definition) is 2. The van der Waals surface area contributed by atoms with Crippen molar-refractivity contribution in [2.75, 3.05) is 11.9 Å². The van der Waals surface area contributed by atoms with Crippen molar-refractivity contribution in [2.24, 2.45) is 5.92 Å². The molecule has 2 N–H and O–H groups in total. The molecule has 1 aliphatic heterocycles. The van der Waals surface area contributed by atoms with Crippen LogP contribution in [0.2, 0.25) is 5.02 Å². The second-order valence-electron chi connectivity index (χ2n) is 6.03. The molecule has 3 rings (SSSR count). The highest BCUT2D eigenvalue weighted by molar-refractivity contribution is 6.31. The largest absolute Gasteiger partial charge is 0.382 e. The molecule has 4 heteroatoms. The first kappa shape index (κ1) is 14.2. The van der Waals surface area contributed by atoms with Crippen LogP contribution in [0.4, 0.5) is 10.1 Å². The third kappa shape index (κ3) is 3.09. The van der Waals surface area contributed by atoms with Crippen molar-refractivity contribution >= 4 is 17.3 Å². The number of halogens is 2. The van der Waals surface area contributed by atoms with Crippen molar-refractivity contribution < 1.29 is 4.39 Å². The molecule has 110 valence electrons. The third-order valence-electron chi connectivity index (χ3n) is 4.71. The van der Waals surface area contributed by atoms with Crippen LogP contribution in [0.25, 0.3) is 0 Å². The summed E-state index contributed by atoms with van der Waals surface area (Å²) in [6.45, 7) is 1.15. The molecular formula is C16H22ClFN2. The summed E-state index contributed by atoms with van der Waals surface area (Å²) in [6, 6.07) is 6.04. The first-order valence-corrected chi connectivity index (χ1v) is 8.07. The molecule has 1 aromatic rings. The van der Waals surface area contributed by atoms with Crippen LogP contribution in [0.15, 0.2) is 18.2 Å². The summed E-state index contributed by atoms with van der Waals surface area (Å²) in [6.07, 6.45) is 7.65. The van der Waals surface area contributed by atoms with Gasteiger partial charge in [0.25, 0.3) is 0 Å². The highest BCUT2D eigenvalue weighted by Crippen LogP contribution is 2.33. The fraction of sp³-hybridized carbons (Fsp3) is 0.625. The Labute approximate surface area is 125 Å². The summed E-state index contributed by atoms with van der Waals surface area (Å²) in [5.41, 5.74) is 0.936. The van der Waals surface area contributed by atoms with Gasteiger partial charge in [-0.15, -0.1) is 0 Å². The molecule has 3 unspecified atom stereocenters. The molecule has 3 atom stereocenters. The van der Waals surface area contributed by atoms with Gasteiger partial charge in [-0.1, -0.05) is 24.4 Å². The minimum absolute atomic E-state index is 0.196. The van der Waals surface area contributed by atoms with Crippen LogP contribution >= 0.6 is 11.6 Å². The zero-order valence-electron chi connectivity index (χ0n) is 11.7. The lowest BCUT2D eigenvalue weighted by Crippen LogP contribution is -2.43. The van der Waals surface area contributed by atoms with E-state index in [-0.39, 0.29) is 10.8 Å². The molecule has 0 bridgehead atoms. The molecule has 1 saturated carbocycles. The van der Waals surface area contributed by atoms with Crippen molar-refractivity contribution in [3.8, 4) is 0 Å². The van der Waals surface area contributed by atoms with Crippen LogP contribution in [0.3, 0.4) is 0 Å². The summed E-state index contributed by atoms with van der Waals surface area (Å²) >= 11 is 5.87. The lowest BCUT2D eigenvalue weighted by atomic mass is 9.79. The van der Waals surface area contributed by atoms with Crippen molar-refractivity contribution in [2.45, 2.75) is 50.6 Å². The molecule has 0 aromatic heterocycles. The molecule has 1 heterocycles. The van der Waals surface area contributed by atoms with Crippen molar-refractivity contribution in [3.63, 3.8) is 0 Å². The van der Waals surface area contributed by atoms with Gasteiger partial charge in [-0.25, -0.2) is 4.39 Å². The van der Waals surface area contributed by atoms with Gasteiger partial charge in [0.15, 0.2) is 0 Å². The van der Waals surface area contributed by atoms with E-state index in [9.17, 15) is 4.39 Å². The average molecular weight is 297 g/mol. The van der Waals surface area contributed by atoms with E-state index >= 15 is 0 Å². The molecular weight excluding hydrogens is 275 g/mol. The summed E-state index contributed by atoms with van der Waals surface area (Å²) < 4.78 is 13.2. The lowest BCUT2D eigenvalue weighted by Gasteiger charge is -2.36. The predicted molar refractivity (Wildman–Crippen MR) is 81.8 cm³/mol. The molecule has 20 heavy (non-hydrogen) atoms. The van der Waals surface area contributed by atoms with Gasteiger partial charge in [0.2, 0.25) is 0 Å². The SMILES string of the molecule is Fc1ccc(NC2CCCCC2C2CCCN2)cc1Cl. The normalized spacial score (nSPS) is 30.4. The van der Waals surface area contributed by atoms with Crippen LogP contribution in [-0.2, 0) is 0 Å². The van der Waals surface area contributed by atoms with E-state index in [1.807, 2.05) is 0 Å². The van der Waals surface area contributed by atoms with Gasteiger partial charge >= 0.3 is 0 Å². The average Bonchev–Trinajstić information content (AvgIpc) is 2.97. The highest BCUT2D eigenvalue weighted by atomic mass is 35.5. The van der Waals surface area contributed by atoms with E-state index in [1.165, 1.54) is 44.6 Å². The minimum atomic E-state index is -0.352. The Morgan fingerprint density at radius 2 is 2.00 bits per heavy atom. The first-order chi connectivity index (χ1) is 9.74. The van der Waals surface area contributed by atoms with Crippen LogP contribution in [0.1, 0.15) is 38.5 Å². The number of benzene rings is 1. The van der Waals surface area contributed by atoms with E-state index in [4.69, 9.17) is 11.6 Å². The topological polar surface area (TPSA) is 24.1 Å². The van der Waals surface area contributed by atoms with Gasteiger partial charge in [0.1, 0.15) is 5.82 Å². The Kier molecular flexibility index (Phi) is 4.47. The van der Waals surface area contributed by atoms with Crippen molar-refractivity contribution in [3.05, 3.63) is 29.0 Å². The maximum Gasteiger partial charge on any atom is 0.141 e. The molecule has 0 amide bonds. The Hall–Kier alpha value is -0.800. The van der Waals surface area contributed by atoms with Gasteiger partial charge in [-0.05, 0) is 56.3 Å². The van der Waals surface area contributed by atoms with E-state index in [0.717, 1.165) is 12.2 Å². The Morgan fingerprint density at radius 3 is 2.75 bits per heavy atom. The maximum atomic E-state index is 13.2. The molecule has 2 nitrogen and oxygen atoms in total. The van der Waals surface area contributed by atoms with Gasteiger partial charge < -0.3 is 10.6 Å². The fourth-order valence-electron chi connectivity index (χ4n) is 3.70. The predicted octanol–water partition coefficient (Wildman–Crippen LogP) is 4.20. The molecule has 2 fully saturated rings. The second kappa shape index (κ2) is 6.31. The van der Waals surface area contributed by atoms with Crippen LogP contribution in [0.5, 0.6) is 0 Å². The molecule has 1 saturated heterocycles. The molecule has 0 radical (unpaired) electrons. The van der Waals surface area contributed by atoms with Crippen LogP contribution < -0.4 is 10.6 Å².